The number of hydrogen-bond acceptors (Lipinski definition) is 1. The van der Waals surface area contributed by atoms with E-state index < -0.39 is 0 Å². The molecular formula is C24H23O. The highest BCUT2D eigenvalue weighted by molar-refractivity contribution is 6.12. The maximum atomic E-state index is 6.08. The normalized spacial score (nSPS) is 11.9. The molecule has 0 aliphatic heterocycles. The number of para-hydroxylation sites is 1. The van der Waals surface area contributed by atoms with Gasteiger partial charge < -0.3 is 4.42 Å². The van der Waals surface area contributed by atoms with Crippen molar-refractivity contribution >= 4 is 21.9 Å². The first-order chi connectivity index (χ1) is 12.1. The zero-order valence-electron chi connectivity index (χ0n) is 15.3. The summed E-state index contributed by atoms with van der Waals surface area (Å²) in [6.45, 7) is 9.07. The first-order valence-corrected chi connectivity index (χ1v) is 9.03. The minimum Gasteiger partial charge on any atom is -0.456 e. The maximum Gasteiger partial charge on any atom is 0.136 e. The first-order valence-electron chi connectivity index (χ1n) is 9.03. The second kappa shape index (κ2) is 6.07. The molecule has 0 bridgehead atoms. The minimum absolute atomic E-state index is 0.443. The SMILES string of the molecule is CC(C)c1cc[c]c(-c2cccc3oc4ccccc4c23)c1C(C)C. The van der Waals surface area contributed by atoms with E-state index in [1.165, 1.54) is 33.0 Å². The summed E-state index contributed by atoms with van der Waals surface area (Å²) in [5, 5.41) is 2.36. The molecule has 1 radical (unpaired) electrons. The van der Waals surface area contributed by atoms with Gasteiger partial charge in [-0.15, -0.1) is 0 Å². The summed E-state index contributed by atoms with van der Waals surface area (Å²) in [5.74, 6) is 0.935. The van der Waals surface area contributed by atoms with Crippen LogP contribution in [0.15, 0.2) is 59.0 Å². The lowest BCUT2D eigenvalue weighted by atomic mass is 9.83. The van der Waals surface area contributed by atoms with Crippen LogP contribution in [-0.4, -0.2) is 0 Å². The Morgan fingerprint density at radius 3 is 2.32 bits per heavy atom. The van der Waals surface area contributed by atoms with Crippen molar-refractivity contribution in [1.82, 2.24) is 0 Å². The molecule has 4 aromatic rings. The van der Waals surface area contributed by atoms with E-state index in [0.29, 0.717) is 11.8 Å². The van der Waals surface area contributed by atoms with E-state index in [4.69, 9.17) is 4.42 Å². The number of fused-ring (bicyclic) bond motifs is 3. The molecule has 1 heteroatoms. The molecule has 0 amide bonds. The standard InChI is InChI=1S/C24H23O/c1-15(2)17-10-7-11-18(23(17)16(3)4)19-12-8-14-22-24(19)20-9-5-6-13-21(20)25-22/h5-10,12-16H,1-4H3. The number of hydrogen-bond donors (Lipinski definition) is 0. The van der Waals surface area contributed by atoms with E-state index in [1.807, 2.05) is 12.1 Å². The molecule has 125 valence electrons. The average molecular weight is 327 g/mol. The molecule has 1 aromatic heterocycles. The minimum atomic E-state index is 0.443. The van der Waals surface area contributed by atoms with Crippen LogP contribution in [-0.2, 0) is 0 Å². The van der Waals surface area contributed by atoms with E-state index in [2.05, 4.69) is 76.2 Å². The van der Waals surface area contributed by atoms with Gasteiger partial charge in [-0.05, 0) is 52.3 Å². The van der Waals surface area contributed by atoms with Crippen LogP contribution in [0.25, 0.3) is 33.1 Å². The van der Waals surface area contributed by atoms with Gasteiger partial charge in [-0.1, -0.05) is 70.2 Å². The largest absolute Gasteiger partial charge is 0.456 e. The molecule has 25 heavy (non-hydrogen) atoms. The fraction of sp³-hybridized carbons (Fsp3) is 0.250. The molecule has 0 saturated carbocycles. The molecule has 0 unspecified atom stereocenters. The summed E-state index contributed by atoms with van der Waals surface area (Å²) >= 11 is 0. The van der Waals surface area contributed by atoms with Gasteiger partial charge in [-0.2, -0.15) is 0 Å². The molecular weight excluding hydrogens is 304 g/mol. The van der Waals surface area contributed by atoms with E-state index in [1.54, 1.807) is 0 Å². The zero-order chi connectivity index (χ0) is 17.6. The van der Waals surface area contributed by atoms with Gasteiger partial charge in [0, 0.05) is 10.8 Å². The lowest BCUT2D eigenvalue weighted by molar-refractivity contribution is 0.669. The van der Waals surface area contributed by atoms with Crippen molar-refractivity contribution in [1.29, 1.82) is 0 Å². The summed E-state index contributed by atoms with van der Waals surface area (Å²) in [4.78, 5) is 0. The molecule has 0 saturated heterocycles. The quantitative estimate of drug-likeness (QED) is 0.385. The van der Waals surface area contributed by atoms with Crippen LogP contribution in [0.4, 0.5) is 0 Å². The summed E-state index contributed by atoms with van der Waals surface area (Å²) in [6, 6.07) is 22.4. The molecule has 3 aromatic carbocycles. The molecule has 1 nitrogen and oxygen atoms in total. The Balaban J connectivity index is 2.11. The lowest BCUT2D eigenvalue weighted by Gasteiger charge is -2.20. The molecule has 0 aliphatic rings. The van der Waals surface area contributed by atoms with Gasteiger partial charge in [0.2, 0.25) is 0 Å². The highest BCUT2D eigenvalue weighted by Crippen LogP contribution is 2.41. The molecule has 0 spiro atoms. The van der Waals surface area contributed by atoms with Crippen LogP contribution in [0.2, 0.25) is 0 Å². The van der Waals surface area contributed by atoms with Crippen LogP contribution in [0.3, 0.4) is 0 Å². The van der Waals surface area contributed by atoms with E-state index >= 15 is 0 Å². The van der Waals surface area contributed by atoms with Crippen LogP contribution in [0, 0.1) is 6.07 Å². The van der Waals surface area contributed by atoms with Gasteiger partial charge in [0.15, 0.2) is 0 Å². The van der Waals surface area contributed by atoms with E-state index in [0.717, 1.165) is 11.2 Å². The molecule has 4 rings (SSSR count). The topological polar surface area (TPSA) is 13.1 Å². The predicted molar refractivity (Wildman–Crippen MR) is 106 cm³/mol. The second-order valence-electron chi connectivity index (χ2n) is 7.31. The highest BCUT2D eigenvalue weighted by Gasteiger charge is 2.19. The van der Waals surface area contributed by atoms with Crippen LogP contribution >= 0.6 is 0 Å². The second-order valence-corrected chi connectivity index (χ2v) is 7.31. The van der Waals surface area contributed by atoms with Crippen molar-refractivity contribution in [3.05, 3.63) is 71.8 Å². The highest BCUT2D eigenvalue weighted by atomic mass is 16.3. The van der Waals surface area contributed by atoms with Gasteiger partial charge in [-0.25, -0.2) is 0 Å². The third kappa shape index (κ3) is 2.55. The number of rotatable bonds is 3. The number of benzene rings is 3. The molecule has 0 N–H and O–H groups in total. The zero-order valence-corrected chi connectivity index (χ0v) is 15.3. The third-order valence-electron chi connectivity index (χ3n) is 4.94. The smallest absolute Gasteiger partial charge is 0.136 e. The maximum absolute atomic E-state index is 6.08. The predicted octanol–water partition coefficient (Wildman–Crippen LogP) is 7.30. The van der Waals surface area contributed by atoms with Crippen molar-refractivity contribution < 1.29 is 4.42 Å². The first kappa shape index (κ1) is 16.0. The molecule has 1 heterocycles. The number of furan rings is 1. The van der Waals surface area contributed by atoms with Crippen LogP contribution in [0.1, 0.15) is 50.7 Å². The lowest BCUT2D eigenvalue weighted by Crippen LogP contribution is -2.01. The molecule has 0 fully saturated rings. The van der Waals surface area contributed by atoms with Crippen molar-refractivity contribution in [2.75, 3.05) is 0 Å². The molecule has 0 aliphatic carbocycles. The van der Waals surface area contributed by atoms with Gasteiger partial charge in [0.05, 0.1) is 0 Å². The Morgan fingerprint density at radius 1 is 0.800 bits per heavy atom. The average Bonchev–Trinajstić information content (AvgIpc) is 2.99. The van der Waals surface area contributed by atoms with Crippen molar-refractivity contribution in [2.24, 2.45) is 0 Å². The van der Waals surface area contributed by atoms with Gasteiger partial charge in [0.1, 0.15) is 11.2 Å². The van der Waals surface area contributed by atoms with Gasteiger partial charge >= 0.3 is 0 Å². The van der Waals surface area contributed by atoms with Gasteiger partial charge in [0.25, 0.3) is 0 Å². The Morgan fingerprint density at radius 2 is 1.56 bits per heavy atom. The monoisotopic (exact) mass is 327 g/mol. The molecule has 0 atom stereocenters. The van der Waals surface area contributed by atoms with Crippen molar-refractivity contribution in [3.8, 4) is 11.1 Å². The Bertz CT molecular complexity index is 1050. The third-order valence-corrected chi connectivity index (χ3v) is 4.94. The van der Waals surface area contributed by atoms with Crippen LogP contribution < -0.4 is 0 Å². The Hall–Kier alpha value is -2.54. The van der Waals surface area contributed by atoms with Crippen LogP contribution in [0.5, 0.6) is 0 Å². The Labute approximate surface area is 149 Å². The van der Waals surface area contributed by atoms with Gasteiger partial charge in [-0.3, -0.25) is 0 Å². The Kier molecular flexibility index (Phi) is 3.88. The summed E-state index contributed by atoms with van der Waals surface area (Å²) in [6.07, 6.45) is 0. The summed E-state index contributed by atoms with van der Waals surface area (Å²) in [5.41, 5.74) is 7.11. The summed E-state index contributed by atoms with van der Waals surface area (Å²) in [7, 11) is 0. The van der Waals surface area contributed by atoms with Crippen molar-refractivity contribution in [2.45, 2.75) is 39.5 Å². The van der Waals surface area contributed by atoms with Crippen molar-refractivity contribution in [3.63, 3.8) is 0 Å². The fourth-order valence-electron chi connectivity index (χ4n) is 3.86. The van der Waals surface area contributed by atoms with E-state index in [-0.39, 0.29) is 0 Å². The fourth-order valence-corrected chi connectivity index (χ4v) is 3.86. The summed E-state index contributed by atoms with van der Waals surface area (Å²) < 4.78 is 6.08. The van der Waals surface area contributed by atoms with E-state index in [9.17, 15) is 0 Å².